The number of ether oxygens (including phenoxy) is 3. The minimum atomic E-state index is -0.581. The molecule has 174 valence electrons. The van der Waals surface area contributed by atoms with Gasteiger partial charge in [-0.05, 0) is 18.4 Å². The first kappa shape index (κ1) is 25.0. The van der Waals surface area contributed by atoms with E-state index in [0.29, 0.717) is 36.8 Å². The van der Waals surface area contributed by atoms with E-state index in [1.165, 1.54) is 0 Å². The number of amides is 2. The average molecular weight is 443 g/mol. The predicted molar refractivity (Wildman–Crippen MR) is 124 cm³/mol. The Kier molecular flexibility index (Phi) is 10.4. The molecule has 0 unspecified atom stereocenters. The molecule has 2 amide bonds. The quantitative estimate of drug-likeness (QED) is 0.478. The van der Waals surface area contributed by atoms with Crippen molar-refractivity contribution in [1.82, 2.24) is 10.2 Å². The van der Waals surface area contributed by atoms with Crippen molar-refractivity contribution in [2.75, 3.05) is 27.4 Å². The standard InChI is InChI=1S/C25H34N2O5/c1-5-7-13-26-25(29)23(6-2)27(17-19-11-9-8-10-12-19)24(28)18-32-22-15-20(30-3)14-21(16-22)31-4/h8-12,14-16,23H,5-7,13,17-18H2,1-4H3,(H,26,29)/t23-/m1/s1. The van der Waals surface area contributed by atoms with Gasteiger partial charge in [-0.25, -0.2) is 0 Å². The van der Waals surface area contributed by atoms with Crippen molar-refractivity contribution in [2.45, 2.75) is 45.7 Å². The number of nitrogens with zero attached hydrogens (tertiary/aromatic N) is 1. The molecule has 0 aliphatic carbocycles. The Balaban J connectivity index is 2.18. The van der Waals surface area contributed by atoms with Crippen LogP contribution in [-0.2, 0) is 16.1 Å². The largest absolute Gasteiger partial charge is 0.496 e. The van der Waals surface area contributed by atoms with Crippen LogP contribution in [0, 0.1) is 0 Å². The fraction of sp³-hybridized carbons (Fsp3) is 0.440. The van der Waals surface area contributed by atoms with E-state index in [1.807, 2.05) is 37.3 Å². The van der Waals surface area contributed by atoms with Gasteiger partial charge in [0, 0.05) is 31.3 Å². The summed E-state index contributed by atoms with van der Waals surface area (Å²) in [7, 11) is 3.10. The van der Waals surface area contributed by atoms with Crippen LogP contribution < -0.4 is 19.5 Å². The van der Waals surface area contributed by atoms with Crippen molar-refractivity contribution < 1.29 is 23.8 Å². The van der Waals surface area contributed by atoms with Gasteiger partial charge in [0.1, 0.15) is 23.3 Å². The molecule has 0 aliphatic rings. The molecule has 7 nitrogen and oxygen atoms in total. The molecule has 0 radical (unpaired) electrons. The number of benzene rings is 2. The summed E-state index contributed by atoms with van der Waals surface area (Å²) in [6.07, 6.45) is 2.39. The van der Waals surface area contributed by atoms with Gasteiger partial charge >= 0.3 is 0 Å². The highest BCUT2D eigenvalue weighted by molar-refractivity contribution is 5.88. The Morgan fingerprint density at radius 1 is 0.969 bits per heavy atom. The molecule has 0 heterocycles. The molecule has 1 N–H and O–H groups in total. The first-order chi connectivity index (χ1) is 15.5. The Morgan fingerprint density at radius 3 is 2.16 bits per heavy atom. The van der Waals surface area contributed by atoms with Crippen LogP contribution in [-0.4, -0.2) is 50.1 Å². The molecule has 32 heavy (non-hydrogen) atoms. The lowest BCUT2D eigenvalue weighted by atomic mass is 10.1. The van der Waals surface area contributed by atoms with Gasteiger partial charge in [0.25, 0.3) is 5.91 Å². The van der Waals surface area contributed by atoms with Crippen LogP contribution in [0.3, 0.4) is 0 Å². The molecule has 0 aliphatic heterocycles. The fourth-order valence-electron chi connectivity index (χ4n) is 3.30. The Labute approximate surface area is 190 Å². The number of unbranched alkanes of at least 4 members (excludes halogenated alkanes) is 1. The third-order valence-corrected chi connectivity index (χ3v) is 5.10. The van der Waals surface area contributed by atoms with Crippen molar-refractivity contribution in [3.05, 3.63) is 54.1 Å². The summed E-state index contributed by atoms with van der Waals surface area (Å²) in [6, 6.07) is 14.2. The van der Waals surface area contributed by atoms with E-state index in [0.717, 1.165) is 18.4 Å². The number of rotatable bonds is 13. The van der Waals surface area contributed by atoms with E-state index in [2.05, 4.69) is 12.2 Å². The van der Waals surface area contributed by atoms with Crippen LogP contribution in [0.4, 0.5) is 0 Å². The van der Waals surface area contributed by atoms with Crippen molar-refractivity contribution in [3.8, 4) is 17.2 Å². The molecular weight excluding hydrogens is 408 g/mol. The summed E-state index contributed by atoms with van der Waals surface area (Å²) < 4.78 is 16.3. The maximum atomic E-state index is 13.2. The van der Waals surface area contributed by atoms with Gasteiger partial charge in [-0.15, -0.1) is 0 Å². The second-order valence-corrected chi connectivity index (χ2v) is 7.41. The highest BCUT2D eigenvalue weighted by Gasteiger charge is 2.28. The number of hydrogen-bond donors (Lipinski definition) is 1. The van der Waals surface area contributed by atoms with Gasteiger partial charge in [-0.2, -0.15) is 0 Å². The van der Waals surface area contributed by atoms with Gasteiger partial charge in [0.2, 0.25) is 5.91 Å². The molecule has 0 saturated heterocycles. The lowest BCUT2D eigenvalue weighted by molar-refractivity contribution is -0.143. The van der Waals surface area contributed by atoms with Gasteiger partial charge < -0.3 is 24.4 Å². The summed E-state index contributed by atoms with van der Waals surface area (Å²) >= 11 is 0. The van der Waals surface area contributed by atoms with E-state index < -0.39 is 6.04 Å². The minimum absolute atomic E-state index is 0.145. The van der Waals surface area contributed by atoms with Crippen LogP contribution in [0.1, 0.15) is 38.7 Å². The monoisotopic (exact) mass is 442 g/mol. The van der Waals surface area contributed by atoms with Crippen molar-refractivity contribution in [1.29, 1.82) is 0 Å². The smallest absolute Gasteiger partial charge is 0.261 e. The number of carbonyl (C=O) groups excluding carboxylic acids is 2. The maximum absolute atomic E-state index is 13.2. The van der Waals surface area contributed by atoms with E-state index >= 15 is 0 Å². The summed E-state index contributed by atoms with van der Waals surface area (Å²) in [5.74, 6) is 1.17. The average Bonchev–Trinajstić information content (AvgIpc) is 2.82. The lowest BCUT2D eigenvalue weighted by Gasteiger charge is -2.30. The zero-order valence-corrected chi connectivity index (χ0v) is 19.4. The topological polar surface area (TPSA) is 77.1 Å². The normalized spacial score (nSPS) is 11.4. The summed E-state index contributed by atoms with van der Waals surface area (Å²) in [6.45, 7) is 4.69. The molecule has 2 aromatic carbocycles. The zero-order valence-electron chi connectivity index (χ0n) is 19.4. The molecular formula is C25H34N2O5. The first-order valence-electron chi connectivity index (χ1n) is 11.0. The molecule has 0 aromatic heterocycles. The molecule has 7 heteroatoms. The molecule has 1 atom stereocenters. The Hall–Kier alpha value is -3.22. The summed E-state index contributed by atoms with van der Waals surface area (Å²) in [4.78, 5) is 27.7. The van der Waals surface area contributed by atoms with Crippen LogP contribution >= 0.6 is 0 Å². The lowest BCUT2D eigenvalue weighted by Crippen LogP contribution is -2.50. The Bertz CT molecular complexity index is 834. The van der Waals surface area contributed by atoms with Crippen LogP contribution in [0.15, 0.2) is 48.5 Å². The zero-order chi connectivity index (χ0) is 23.3. The second kappa shape index (κ2) is 13.2. The molecule has 0 spiro atoms. The predicted octanol–water partition coefficient (Wildman–Crippen LogP) is 3.81. The SMILES string of the molecule is CCCCNC(=O)[C@@H](CC)N(Cc1ccccc1)C(=O)COc1cc(OC)cc(OC)c1. The molecule has 0 bridgehead atoms. The number of hydrogen-bond acceptors (Lipinski definition) is 5. The van der Waals surface area contributed by atoms with Gasteiger partial charge in [-0.3, -0.25) is 9.59 Å². The van der Waals surface area contributed by atoms with Crippen molar-refractivity contribution in [3.63, 3.8) is 0 Å². The number of carbonyl (C=O) groups is 2. The number of nitrogens with one attached hydrogen (secondary N) is 1. The van der Waals surface area contributed by atoms with Crippen molar-refractivity contribution in [2.24, 2.45) is 0 Å². The van der Waals surface area contributed by atoms with E-state index in [-0.39, 0.29) is 18.4 Å². The molecule has 0 saturated carbocycles. The second-order valence-electron chi connectivity index (χ2n) is 7.41. The van der Waals surface area contributed by atoms with Crippen LogP contribution in [0.25, 0.3) is 0 Å². The first-order valence-corrected chi connectivity index (χ1v) is 11.0. The van der Waals surface area contributed by atoms with Crippen LogP contribution in [0.5, 0.6) is 17.2 Å². The van der Waals surface area contributed by atoms with Gasteiger partial charge in [0.15, 0.2) is 6.61 Å². The summed E-state index contributed by atoms with van der Waals surface area (Å²) in [5, 5.41) is 2.95. The maximum Gasteiger partial charge on any atom is 0.261 e. The van der Waals surface area contributed by atoms with Crippen molar-refractivity contribution >= 4 is 11.8 Å². The van der Waals surface area contributed by atoms with Gasteiger partial charge in [-0.1, -0.05) is 50.6 Å². The number of methoxy groups -OCH3 is 2. The molecule has 0 fully saturated rings. The molecule has 2 aromatic rings. The van der Waals surface area contributed by atoms with E-state index in [1.54, 1.807) is 37.3 Å². The summed E-state index contributed by atoms with van der Waals surface area (Å²) in [5.41, 5.74) is 0.948. The van der Waals surface area contributed by atoms with Gasteiger partial charge in [0.05, 0.1) is 14.2 Å². The Morgan fingerprint density at radius 2 is 1.59 bits per heavy atom. The van der Waals surface area contributed by atoms with E-state index in [4.69, 9.17) is 14.2 Å². The highest BCUT2D eigenvalue weighted by atomic mass is 16.5. The third kappa shape index (κ3) is 7.48. The highest BCUT2D eigenvalue weighted by Crippen LogP contribution is 2.27. The third-order valence-electron chi connectivity index (χ3n) is 5.10. The minimum Gasteiger partial charge on any atom is -0.496 e. The van der Waals surface area contributed by atoms with E-state index in [9.17, 15) is 9.59 Å². The molecule has 2 rings (SSSR count). The fourth-order valence-corrected chi connectivity index (χ4v) is 3.30. The van der Waals surface area contributed by atoms with Crippen LogP contribution in [0.2, 0.25) is 0 Å².